The Morgan fingerprint density at radius 1 is 1.04 bits per heavy atom. The second-order valence-corrected chi connectivity index (χ2v) is 6.56. The van der Waals surface area contributed by atoms with Gasteiger partial charge in [-0.15, -0.1) is 0 Å². The minimum Gasteiger partial charge on any atom is -0.496 e. The van der Waals surface area contributed by atoms with Crippen LogP contribution in [-0.2, 0) is 13.0 Å². The number of carbonyl (C=O) groups excluding carboxylic acids is 1. The van der Waals surface area contributed by atoms with Crippen molar-refractivity contribution in [1.82, 2.24) is 10.3 Å². The first-order chi connectivity index (χ1) is 13.7. The molecule has 0 aliphatic carbocycles. The standard InChI is InChI=1S/C23H25N3O2/c1-26(17-18-8-4-3-5-9-18)20-12-13-21(25-16-20)23(27)24-15-14-19-10-6-7-11-22(19)28-2/h3-13,16H,14-15,17H2,1-2H3,(H,24,27). The Morgan fingerprint density at radius 2 is 1.79 bits per heavy atom. The van der Waals surface area contributed by atoms with Gasteiger partial charge in [-0.05, 0) is 35.7 Å². The first-order valence-electron chi connectivity index (χ1n) is 9.28. The molecule has 0 saturated carbocycles. The number of nitrogens with zero attached hydrogens (tertiary/aromatic N) is 2. The van der Waals surface area contributed by atoms with Crippen LogP contribution < -0.4 is 15.0 Å². The van der Waals surface area contributed by atoms with Crippen LogP contribution in [0.15, 0.2) is 72.9 Å². The molecule has 0 unspecified atom stereocenters. The van der Waals surface area contributed by atoms with Crippen molar-refractivity contribution in [2.75, 3.05) is 25.6 Å². The summed E-state index contributed by atoms with van der Waals surface area (Å²) in [5, 5.41) is 2.92. The summed E-state index contributed by atoms with van der Waals surface area (Å²) < 4.78 is 5.34. The fourth-order valence-corrected chi connectivity index (χ4v) is 3.01. The molecule has 1 amide bonds. The number of rotatable bonds is 8. The summed E-state index contributed by atoms with van der Waals surface area (Å²) in [7, 11) is 3.66. The maximum absolute atomic E-state index is 12.3. The van der Waals surface area contributed by atoms with Gasteiger partial charge in [-0.2, -0.15) is 0 Å². The zero-order valence-electron chi connectivity index (χ0n) is 16.3. The van der Waals surface area contributed by atoms with Gasteiger partial charge >= 0.3 is 0 Å². The van der Waals surface area contributed by atoms with Gasteiger partial charge < -0.3 is 15.0 Å². The van der Waals surface area contributed by atoms with Crippen LogP contribution in [0.5, 0.6) is 5.75 Å². The maximum Gasteiger partial charge on any atom is 0.269 e. The summed E-state index contributed by atoms with van der Waals surface area (Å²) in [6.45, 7) is 1.31. The van der Waals surface area contributed by atoms with E-state index >= 15 is 0 Å². The number of methoxy groups -OCH3 is 1. The smallest absolute Gasteiger partial charge is 0.269 e. The number of ether oxygens (including phenoxy) is 1. The van der Waals surface area contributed by atoms with Crippen LogP contribution in [0, 0.1) is 0 Å². The van der Waals surface area contributed by atoms with Gasteiger partial charge in [-0.3, -0.25) is 4.79 Å². The first kappa shape index (κ1) is 19.4. The number of benzene rings is 2. The topological polar surface area (TPSA) is 54.5 Å². The summed E-state index contributed by atoms with van der Waals surface area (Å²) >= 11 is 0. The average Bonchev–Trinajstić information content (AvgIpc) is 2.75. The lowest BCUT2D eigenvalue weighted by atomic mass is 10.1. The predicted octanol–water partition coefficient (Wildman–Crippen LogP) is 3.70. The zero-order valence-corrected chi connectivity index (χ0v) is 16.3. The molecular formula is C23H25N3O2. The summed E-state index contributed by atoms with van der Waals surface area (Å²) in [4.78, 5) is 18.8. The van der Waals surface area contributed by atoms with Crippen LogP contribution >= 0.6 is 0 Å². The van der Waals surface area contributed by atoms with Gasteiger partial charge in [0.25, 0.3) is 5.91 Å². The Bertz CT molecular complexity index is 895. The SMILES string of the molecule is COc1ccccc1CCNC(=O)c1ccc(N(C)Cc2ccccc2)cn1. The van der Waals surface area contributed by atoms with Crippen molar-refractivity contribution >= 4 is 11.6 Å². The van der Waals surface area contributed by atoms with Gasteiger partial charge in [0.05, 0.1) is 19.0 Å². The van der Waals surface area contributed by atoms with Crippen molar-refractivity contribution in [3.05, 3.63) is 89.7 Å². The number of pyridine rings is 1. The monoisotopic (exact) mass is 375 g/mol. The van der Waals surface area contributed by atoms with Crippen LogP contribution in [0.3, 0.4) is 0 Å². The van der Waals surface area contributed by atoms with E-state index in [4.69, 9.17) is 4.74 Å². The van der Waals surface area contributed by atoms with Gasteiger partial charge in [0.15, 0.2) is 0 Å². The molecule has 0 aliphatic heterocycles. The molecule has 0 bridgehead atoms. The number of amides is 1. The lowest BCUT2D eigenvalue weighted by molar-refractivity contribution is 0.0949. The Balaban J connectivity index is 1.53. The lowest BCUT2D eigenvalue weighted by Crippen LogP contribution is -2.26. The fraction of sp³-hybridized carbons (Fsp3) is 0.217. The summed E-state index contributed by atoms with van der Waals surface area (Å²) in [5.74, 6) is 0.660. The first-order valence-corrected chi connectivity index (χ1v) is 9.28. The van der Waals surface area contributed by atoms with Crippen LogP contribution in [-0.4, -0.2) is 31.6 Å². The molecule has 0 spiro atoms. The van der Waals surface area contributed by atoms with E-state index < -0.39 is 0 Å². The summed E-state index contributed by atoms with van der Waals surface area (Å²) in [6.07, 6.45) is 2.44. The van der Waals surface area contributed by atoms with E-state index in [9.17, 15) is 4.79 Å². The number of hydrogen-bond acceptors (Lipinski definition) is 4. The van der Waals surface area contributed by atoms with E-state index in [1.807, 2.05) is 55.6 Å². The van der Waals surface area contributed by atoms with E-state index in [0.717, 1.165) is 23.5 Å². The van der Waals surface area contributed by atoms with Crippen LogP contribution in [0.1, 0.15) is 21.6 Å². The zero-order chi connectivity index (χ0) is 19.8. The summed E-state index contributed by atoms with van der Waals surface area (Å²) in [5.41, 5.74) is 3.67. The molecule has 0 fully saturated rings. The van der Waals surface area contributed by atoms with Gasteiger partial charge in [0.1, 0.15) is 11.4 Å². The third kappa shape index (κ3) is 5.10. The molecule has 0 radical (unpaired) electrons. The van der Waals surface area contributed by atoms with Crippen molar-refractivity contribution in [2.45, 2.75) is 13.0 Å². The van der Waals surface area contributed by atoms with Crippen molar-refractivity contribution in [3.63, 3.8) is 0 Å². The van der Waals surface area contributed by atoms with Crippen molar-refractivity contribution < 1.29 is 9.53 Å². The minimum absolute atomic E-state index is 0.174. The third-order valence-electron chi connectivity index (χ3n) is 4.56. The molecule has 5 nitrogen and oxygen atoms in total. The molecule has 0 atom stereocenters. The number of para-hydroxylation sites is 1. The largest absolute Gasteiger partial charge is 0.496 e. The van der Waals surface area contributed by atoms with Crippen molar-refractivity contribution in [1.29, 1.82) is 0 Å². The van der Waals surface area contributed by atoms with Gasteiger partial charge in [-0.25, -0.2) is 4.98 Å². The second kappa shape index (κ2) is 9.55. The molecule has 1 N–H and O–H groups in total. The molecule has 0 aliphatic rings. The highest BCUT2D eigenvalue weighted by Crippen LogP contribution is 2.17. The predicted molar refractivity (Wildman–Crippen MR) is 112 cm³/mol. The molecule has 144 valence electrons. The lowest BCUT2D eigenvalue weighted by Gasteiger charge is -2.19. The van der Waals surface area contributed by atoms with Crippen LogP contribution in [0.2, 0.25) is 0 Å². The van der Waals surface area contributed by atoms with Crippen molar-refractivity contribution in [3.8, 4) is 5.75 Å². The number of hydrogen-bond donors (Lipinski definition) is 1. The molecule has 28 heavy (non-hydrogen) atoms. The fourth-order valence-electron chi connectivity index (χ4n) is 3.01. The molecule has 1 aromatic heterocycles. The van der Waals surface area contributed by atoms with Crippen molar-refractivity contribution in [2.24, 2.45) is 0 Å². The van der Waals surface area contributed by atoms with Gasteiger partial charge in [0, 0.05) is 20.1 Å². The second-order valence-electron chi connectivity index (χ2n) is 6.56. The molecular weight excluding hydrogens is 350 g/mol. The average molecular weight is 375 g/mol. The highest BCUT2D eigenvalue weighted by molar-refractivity contribution is 5.92. The van der Waals surface area contributed by atoms with Crippen LogP contribution in [0.25, 0.3) is 0 Å². The van der Waals surface area contributed by atoms with E-state index in [1.165, 1.54) is 5.56 Å². The molecule has 3 aromatic rings. The molecule has 2 aromatic carbocycles. The number of nitrogens with one attached hydrogen (secondary N) is 1. The van der Waals surface area contributed by atoms with Crippen LogP contribution in [0.4, 0.5) is 5.69 Å². The van der Waals surface area contributed by atoms with E-state index in [-0.39, 0.29) is 5.91 Å². The molecule has 5 heteroatoms. The highest BCUT2D eigenvalue weighted by Gasteiger charge is 2.09. The minimum atomic E-state index is -0.174. The highest BCUT2D eigenvalue weighted by atomic mass is 16.5. The van der Waals surface area contributed by atoms with E-state index in [0.29, 0.717) is 18.7 Å². The van der Waals surface area contributed by atoms with E-state index in [2.05, 4.69) is 27.3 Å². The third-order valence-corrected chi connectivity index (χ3v) is 4.56. The summed E-state index contributed by atoms with van der Waals surface area (Å²) in [6, 6.07) is 21.7. The quantitative estimate of drug-likeness (QED) is 0.652. The Hall–Kier alpha value is -3.34. The normalized spacial score (nSPS) is 10.4. The molecule has 1 heterocycles. The number of aromatic nitrogens is 1. The van der Waals surface area contributed by atoms with Gasteiger partial charge in [0.2, 0.25) is 0 Å². The molecule has 3 rings (SSSR count). The Morgan fingerprint density at radius 3 is 2.50 bits per heavy atom. The number of anilines is 1. The molecule has 0 saturated heterocycles. The van der Waals surface area contributed by atoms with E-state index in [1.54, 1.807) is 19.4 Å². The Labute approximate surface area is 166 Å². The number of carbonyl (C=O) groups is 1. The van der Waals surface area contributed by atoms with Gasteiger partial charge in [-0.1, -0.05) is 48.5 Å². The maximum atomic E-state index is 12.3. The Kier molecular flexibility index (Phi) is 6.63.